The number of amides is 1. The van der Waals surface area contributed by atoms with Gasteiger partial charge in [0, 0.05) is 31.1 Å². The van der Waals surface area contributed by atoms with E-state index in [0.717, 1.165) is 0 Å². The lowest BCUT2D eigenvalue weighted by molar-refractivity contribution is -0.194. The lowest BCUT2D eigenvalue weighted by Crippen LogP contribution is -2.76. The summed E-state index contributed by atoms with van der Waals surface area (Å²) in [5.41, 5.74) is -1.98. The smallest absolute Gasteiger partial charge is 0.350 e. The first kappa shape index (κ1) is 19.1. The molecular formula is C18H24N4O5. The molecule has 1 aliphatic rings. The summed E-state index contributed by atoms with van der Waals surface area (Å²) in [6.45, 7) is 5.95. The van der Waals surface area contributed by atoms with Crippen molar-refractivity contribution in [2.24, 2.45) is 5.41 Å². The second-order valence-corrected chi connectivity index (χ2v) is 7.31. The number of fused-ring (bicyclic) bond motifs is 1. The fourth-order valence-corrected chi connectivity index (χ4v) is 3.66. The molecule has 2 aromatic heterocycles. The molecule has 1 fully saturated rings. The first-order valence-corrected chi connectivity index (χ1v) is 8.93. The van der Waals surface area contributed by atoms with Crippen LogP contribution in [0.15, 0.2) is 29.2 Å². The van der Waals surface area contributed by atoms with Crippen molar-refractivity contribution >= 4 is 17.5 Å². The second kappa shape index (κ2) is 6.80. The van der Waals surface area contributed by atoms with Crippen LogP contribution in [-0.4, -0.2) is 49.4 Å². The number of hydrogen-bond donors (Lipinski definition) is 2. The summed E-state index contributed by atoms with van der Waals surface area (Å²) in [5.74, 6) is -1.52. The predicted octanol–water partition coefficient (Wildman–Crippen LogP) is 0.661. The van der Waals surface area contributed by atoms with Crippen molar-refractivity contribution in [1.82, 2.24) is 19.5 Å². The number of carboxylic acid groups (broad SMARTS) is 1. The minimum atomic E-state index is -1.38. The van der Waals surface area contributed by atoms with Crippen molar-refractivity contribution < 1.29 is 19.4 Å². The molecule has 2 N–H and O–H groups in total. The van der Waals surface area contributed by atoms with E-state index in [1.165, 1.54) is 9.08 Å². The zero-order chi connectivity index (χ0) is 19.8. The van der Waals surface area contributed by atoms with Gasteiger partial charge in [-0.1, -0.05) is 19.9 Å². The molecule has 0 aliphatic heterocycles. The standard InChI is InChI=1S/C18H24N4O5/c1-4-27-12-11-18(15(24)25,17(12,2)3)19-14(23)8-10-22-16(26)21-9-6-5-7-13(21)20-22/h5-7,9,12H,4,8,10-11H2,1-3H3,(H,19,23)(H,24,25). The molecule has 2 unspecified atom stereocenters. The summed E-state index contributed by atoms with van der Waals surface area (Å²) in [6, 6.07) is 5.18. The maximum atomic E-state index is 12.4. The molecule has 0 spiro atoms. The third-order valence-corrected chi connectivity index (χ3v) is 5.52. The average Bonchev–Trinajstić information content (AvgIpc) is 2.95. The summed E-state index contributed by atoms with van der Waals surface area (Å²) in [5, 5.41) is 16.6. The number of aryl methyl sites for hydroxylation is 1. The Morgan fingerprint density at radius 1 is 1.41 bits per heavy atom. The van der Waals surface area contributed by atoms with Crippen LogP contribution in [0.2, 0.25) is 0 Å². The summed E-state index contributed by atoms with van der Waals surface area (Å²) >= 11 is 0. The lowest BCUT2D eigenvalue weighted by atomic mass is 9.54. The average molecular weight is 376 g/mol. The zero-order valence-electron chi connectivity index (χ0n) is 15.6. The number of ether oxygens (including phenoxy) is 1. The van der Waals surface area contributed by atoms with E-state index in [4.69, 9.17) is 4.74 Å². The Labute approximate surface area is 155 Å². The highest BCUT2D eigenvalue weighted by Crippen LogP contribution is 2.51. The van der Waals surface area contributed by atoms with Crippen LogP contribution in [0, 0.1) is 5.41 Å². The van der Waals surface area contributed by atoms with Crippen molar-refractivity contribution in [3.63, 3.8) is 0 Å². The minimum absolute atomic E-state index is 0.0474. The van der Waals surface area contributed by atoms with Gasteiger partial charge in [-0.3, -0.25) is 9.20 Å². The second-order valence-electron chi connectivity index (χ2n) is 7.31. The Kier molecular flexibility index (Phi) is 4.81. The van der Waals surface area contributed by atoms with Gasteiger partial charge in [0.05, 0.1) is 12.6 Å². The summed E-state index contributed by atoms with van der Waals surface area (Å²) in [4.78, 5) is 36.6. The normalized spacial score (nSPS) is 23.7. The van der Waals surface area contributed by atoms with Gasteiger partial charge in [0.25, 0.3) is 0 Å². The number of aliphatic carboxylic acids is 1. The Morgan fingerprint density at radius 3 is 2.74 bits per heavy atom. The number of hydrogen-bond acceptors (Lipinski definition) is 5. The fraction of sp³-hybridized carbons (Fsp3) is 0.556. The molecule has 1 amide bonds. The molecule has 3 rings (SSSR count). The van der Waals surface area contributed by atoms with Crippen molar-refractivity contribution in [3.05, 3.63) is 34.9 Å². The minimum Gasteiger partial charge on any atom is -0.479 e. The maximum absolute atomic E-state index is 12.4. The molecule has 2 heterocycles. The van der Waals surface area contributed by atoms with Crippen LogP contribution in [-0.2, 0) is 20.9 Å². The van der Waals surface area contributed by atoms with Gasteiger partial charge in [-0.2, -0.15) is 0 Å². The highest BCUT2D eigenvalue weighted by atomic mass is 16.5. The molecule has 9 heteroatoms. The van der Waals surface area contributed by atoms with Crippen LogP contribution in [0.5, 0.6) is 0 Å². The summed E-state index contributed by atoms with van der Waals surface area (Å²) in [6.07, 6.45) is 1.53. The summed E-state index contributed by atoms with van der Waals surface area (Å²) in [7, 11) is 0. The Bertz CT molecular complexity index is 931. The van der Waals surface area contributed by atoms with Gasteiger partial charge in [0.15, 0.2) is 5.65 Å². The van der Waals surface area contributed by atoms with Gasteiger partial charge in [-0.25, -0.2) is 14.3 Å². The van der Waals surface area contributed by atoms with Crippen molar-refractivity contribution in [2.75, 3.05) is 6.61 Å². The van der Waals surface area contributed by atoms with Crippen LogP contribution in [0.1, 0.15) is 33.6 Å². The third kappa shape index (κ3) is 3.01. The Balaban J connectivity index is 1.70. The van der Waals surface area contributed by atoms with E-state index >= 15 is 0 Å². The van der Waals surface area contributed by atoms with Crippen LogP contribution < -0.4 is 11.0 Å². The molecular weight excluding hydrogens is 352 g/mol. The lowest BCUT2D eigenvalue weighted by Gasteiger charge is -2.58. The number of carboxylic acids is 1. The summed E-state index contributed by atoms with van der Waals surface area (Å²) < 4.78 is 8.18. The maximum Gasteiger partial charge on any atom is 0.350 e. The SMILES string of the molecule is CCOC1CC(NC(=O)CCn2nc3ccccn3c2=O)(C(=O)O)C1(C)C. The van der Waals surface area contributed by atoms with E-state index in [1.54, 1.807) is 38.2 Å². The quantitative estimate of drug-likeness (QED) is 0.734. The van der Waals surface area contributed by atoms with Crippen LogP contribution in [0.3, 0.4) is 0 Å². The first-order valence-electron chi connectivity index (χ1n) is 8.93. The van der Waals surface area contributed by atoms with E-state index in [9.17, 15) is 19.5 Å². The van der Waals surface area contributed by atoms with Gasteiger partial charge in [-0.15, -0.1) is 5.10 Å². The topological polar surface area (TPSA) is 115 Å². The van der Waals surface area contributed by atoms with Crippen LogP contribution >= 0.6 is 0 Å². The monoisotopic (exact) mass is 376 g/mol. The van der Waals surface area contributed by atoms with Crippen LogP contribution in [0.25, 0.3) is 5.65 Å². The van der Waals surface area contributed by atoms with E-state index < -0.39 is 22.8 Å². The highest BCUT2D eigenvalue weighted by molar-refractivity contribution is 5.89. The zero-order valence-corrected chi connectivity index (χ0v) is 15.6. The largest absolute Gasteiger partial charge is 0.479 e. The van der Waals surface area contributed by atoms with Crippen molar-refractivity contribution in [2.45, 2.75) is 51.8 Å². The van der Waals surface area contributed by atoms with Gasteiger partial charge < -0.3 is 15.2 Å². The molecule has 0 saturated heterocycles. The molecule has 9 nitrogen and oxygen atoms in total. The van der Waals surface area contributed by atoms with E-state index in [-0.39, 0.29) is 31.2 Å². The number of nitrogens with zero attached hydrogens (tertiary/aromatic N) is 3. The number of nitrogens with one attached hydrogen (secondary N) is 1. The Hall–Kier alpha value is -2.68. The molecule has 0 bridgehead atoms. The van der Waals surface area contributed by atoms with Gasteiger partial charge in [0.2, 0.25) is 5.91 Å². The van der Waals surface area contributed by atoms with E-state index in [1.807, 2.05) is 6.92 Å². The number of carbonyl (C=O) groups excluding carboxylic acids is 1. The van der Waals surface area contributed by atoms with E-state index in [0.29, 0.717) is 12.3 Å². The molecule has 2 atom stereocenters. The van der Waals surface area contributed by atoms with Gasteiger partial charge in [0.1, 0.15) is 5.54 Å². The predicted molar refractivity (Wildman–Crippen MR) is 96.4 cm³/mol. The molecule has 27 heavy (non-hydrogen) atoms. The number of carbonyl (C=O) groups is 2. The first-order chi connectivity index (χ1) is 12.7. The fourth-order valence-electron chi connectivity index (χ4n) is 3.66. The molecule has 0 aromatic carbocycles. The molecule has 2 aromatic rings. The molecule has 1 aliphatic carbocycles. The number of aromatic nitrogens is 3. The molecule has 146 valence electrons. The highest BCUT2D eigenvalue weighted by Gasteiger charge is 2.66. The van der Waals surface area contributed by atoms with Crippen LogP contribution in [0.4, 0.5) is 0 Å². The molecule has 0 radical (unpaired) electrons. The van der Waals surface area contributed by atoms with Gasteiger partial charge in [-0.05, 0) is 19.1 Å². The van der Waals surface area contributed by atoms with Gasteiger partial charge >= 0.3 is 11.7 Å². The number of rotatable bonds is 7. The number of pyridine rings is 1. The Morgan fingerprint density at radius 2 is 2.15 bits per heavy atom. The van der Waals surface area contributed by atoms with Crippen molar-refractivity contribution in [3.8, 4) is 0 Å². The third-order valence-electron chi connectivity index (χ3n) is 5.52. The van der Waals surface area contributed by atoms with Crippen molar-refractivity contribution in [1.29, 1.82) is 0 Å². The van der Waals surface area contributed by atoms with E-state index in [2.05, 4.69) is 10.4 Å². The molecule has 1 saturated carbocycles.